The molecule has 1 unspecified atom stereocenters. The van der Waals surface area contributed by atoms with Crippen LogP contribution < -0.4 is 10.5 Å². The molecular weight excluding hydrogens is 242 g/mol. The first kappa shape index (κ1) is 13.2. The molecule has 19 heavy (non-hydrogen) atoms. The molecule has 1 atom stereocenters. The lowest BCUT2D eigenvalue weighted by molar-refractivity contribution is 0.0600. The summed E-state index contributed by atoms with van der Waals surface area (Å²) in [5.41, 5.74) is 8.01. The third-order valence-electron chi connectivity index (χ3n) is 3.20. The van der Waals surface area contributed by atoms with E-state index in [1.165, 1.54) is 14.2 Å². The summed E-state index contributed by atoms with van der Waals surface area (Å²) in [4.78, 5) is 11.7. The fourth-order valence-electron chi connectivity index (χ4n) is 2.17. The van der Waals surface area contributed by atoms with E-state index in [2.05, 4.69) is 12.2 Å². The fourth-order valence-corrected chi connectivity index (χ4v) is 2.17. The number of hydrogen-bond acceptors (Lipinski definition) is 4. The molecule has 1 aliphatic carbocycles. The van der Waals surface area contributed by atoms with Crippen LogP contribution in [0.1, 0.15) is 28.3 Å². The summed E-state index contributed by atoms with van der Waals surface area (Å²) >= 11 is 0. The van der Waals surface area contributed by atoms with Crippen LogP contribution in [-0.4, -0.2) is 20.2 Å². The number of rotatable bonds is 3. The quantitative estimate of drug-likeness (QED) is 0.669. The van der Waals surface area contributed by atoms with Crippen LogP contribution in [0.5, 0.6) is 5.75 Å². The first-order chi connectivity index (χ1) is 9.17. The van der Waals surface area contributed by atoms with E-state index in [1.54, 1.807) is 12.1 Å². The molecule has 0 heterocycles. The topological polar surface area (TPSA) is 61.5 Å². The van der Waals surface area contributed by atoms with Gasteiger partial charge in [0.1, 0.15) is 5.75 Å². The number of esters is 1. The van der Waals surface area contributed by atoms with Crippen molar-refractivity contribution in [2.45, 2.75) is 12.3 Å². The lowest BCUT2D eigenvalue weighted by atomic mass is 9.90. The van der Waals surface area contributed by atoms with Crippen molar-refractivity contribution in [3.05, 3.63) is 47.6 Å². The number of ether oxygens (including phenoxy) is 2. The zero-order valence-electron chi connectivity index (χ0n) is 11.1. The lowest BCUT2D eigenvalue weighted by Gasteiger charge is -2.19. The van der Waals surface area contributed by atoms with E-state index in [0.717, 1.165) is 12.0 Å². The fraction of sp³-hybridized carbons (Fsp3) is 0.267. The summed E-state index contributed by atoms with van der Waals surface area (Å²) in [5, 5.41) is 0. The van der Waals surface area contributed by atoms with Crippen molar-refractivity contribution in [2.75, 3.05) is 20.0 Å². The van der Waals surface area contributed by atoms with Gasteiger partial charge in [0, 0.05) is 5.92 Å². The number of carbonyl (C=O) groups excluding carboxylic acids is 1. The van der Waals surface area contributed by atoms with Gasteiger partial charge in [-0.3, -0.25) is 0 Å². The molecule has 0 aliphatic heterocycles. The molecule has 0 saturated heterocycles. The van der Waals surface area contributed by atoms with E-state index in [0.29, 0.717) is 17.0 Å². The highest BCUT2D eigenvalue weighted by atomic mass is 16.5. The van der Waals surface area contributed by atoms with Gasteiger partial charge in [0.15, 0.2) is 0 Å². The number of allylic oxidation sites excluding steroid dienone is 4. The average Bonchev–Trinajstić information content (AvgIpc) is 2.47. The maximum atomic E-state index is 11.7. The Balaban J connectivity index is 2.49. The molecule has 0 radical (unpaired) electrons. The predicted octanol–water partition coefficient (Wildman–Crippen LogP) is 2.66. The molecule has 4 nitrogen and oxygen atoms in total. The normalized spacial score (nSPS) is 17.3. The van der Waals surface area contributed by atoms with Gasteiger partial charge in [-0.05, 0) is 24.1 Å². The molecule has 0 aromatic heterocycles. The standard InChI is InChI=1S/C15H17NO3/c1-18-13-9-11(15(17)19-2)8-12(14(13)16)10-6-4-3-5-7-10/h3-6,8-10H,7,16H2,1-2H3. The summed E-state index contributed by atoms with van der Waals surface area (Å²) < 4.78 is 9.99. The minimum atomic E-state index is -0.394. The first-order valence-electron chi connectivity index (χ1n) is 6.06. The Hall–Kier alpha value is -2.23. The van der Waals surface area contributed by atoms with E-state index in [4.69, 9.17) is 15.2 Å². The smallest absolute Gasteiger partial charge is 0.337 e. The average molecular weight is 259 g/mol. The van der Waals surface area contributed by atoms with Gasteiger partial charge in [-0.2, -0.15) is 0 Å². The second-order valence-electron chi connectivity index (χ2n) is 4.33. The van der Waals surface area contributed by atoms with Crippen LogP contribution in [0.4, 0.5) is 5.69 Å². The Morgan fingerprint density at radius 1 is 1.32 bits per heavy atom. The van der Waals surface area contributed by atoms with E-state index in [9.17, 15) is 4.79 Å². The van der Waals surface area contributed by atoms with Crippen molar-refractivity contribution < 1.29 is 14.3 Å². The molecule has 1 aromatic carbocycles. The van der Waals surface area contributed by atoms with Gasteiger partial charge in [-0.15, -0.1) is 0 Å². The molecule has 0 bridgehead atoms. The van der Waals surface area contributed by atoms with E-state index in [1.807, 2.05) is 12.2 Å². The molecule has 0 fully saturated rings. The van der Waals surface area contributed by atoms with Crippen molar-refractivity contribution in [3.63, 3.8) is 0 Å². The van der Waals surface area contributed by atoms with E-state index in [-0.39, 0.29) is 5.92 Å². The van der Waals surface area contributed by atoms with Gasteiger partial charge < -0.3 is 15.2 Å². The van der Waals surface area contributed by atoms with Crippen molar-refractivity contribution >= 4 is 11.7 Å². The van der Waals surface area contributed by atoms with Crippen LogP contribution in [0.2, 0.25) is 0 Å². The van der Waals surface area contributed by atoms with Gasteiger partial charge in [-0.1, -0.05) is 24.3 Å². The Kier molecular flexibility index (Phi) is 3.90. The second kappa shape index (κ2) is 5.61. The van der Waals surface area contributed by atoms with Crippen LogP contribution in [-0.2, 0) is 4.74 Å². The highest BCUT2D eigenvalue weighted by Crippen LogP contribution is 2.36. The number of nitrogen functional groups attached to an aromatic ring is 1. The summed E-state index contributed by atoms with van der Waals surface area (Å²) in [7, 11) is 2.89. The molecule has 1 aromatic rings. The number of methoxy groups -OCH3 is 2. The number of benzene rings is 1. The minimum Gasteiger partial charge on any atom is -0.495 e. The molecular formula is C15H17NO3. The summed E-state index contributed by atoms with van der Waals surface area (Å²) in [6.07, 6.45) is 8.96. The zero-order chi connectivity index (χ0) is 13.8. The Morgan fingerprint density at radius 2 is 2.11 bits per heavy atom. The van der Waals surface area contributed by atoms with Gasteiger partial charge >= 0.3 is 5.97 Å². The second-order valence-corrected chi connectivity index (χ2v) is 4.33. The first-order valence-corrected chi connectivity index (χ1v) is 6.06. The van der Waals surface area contributed by atoms with Crippen molar-refractivity contribution in [2.24, 2.45) is 0 Å². The van der Waals surface area contributed by atoms with Gasteiger partial charge in [0.25, 0.3) is 0 Å². The molecule has 2 rings (SSSR count). The lowest BCUT2D eigenvalue weighted by Crippen LogP contribution is -2.08. The number of carbonyl (C=O) groups is 1. The Morgan fingerprint density at radius 3 is 2.68 bits per heavy atom. The van der Waals surface area contributed by atoms with Crippen LogP contribution in [0.15, 0.2) is 36.4 Å². The van der Waals surface area contributed by atoms with Gasteiger partial charge in [0.2, 0.25) is 0 Å². The zero-order valence-corrected chi connectivity index (χ0v) is 11.1. The van der Waals surface area contributed by atoms with Crippen LogP contribution >= 0.6 is 0 Å². The van der Waals surface area contributed by atoms with Crippen LogP contribution in [0.25, 0.3) is 0 Å². The summed E-state index contributed by atoms with van der Waals surface area (Å²) in [6, 6.07) is 3.38. The highest BCUT2D eigenvalue weighted by Gasteiger charge is 2.19. The molecule has 2 N–H and O–H groups in total. The number of anilines is 1. The van der Waals surface area contributed by atoms with Crippen molar-refractivity contribution in [1.82, 2.24) is 0 Å². The summed E-state index contributed by atoms with van der Waals surface area (Å²) in [5.74, 6) is 0.263. The monoisotopic (exact) mass is 259 g/mol. The highest BCUT2D eigenvalue weighted by molar-refractivity contribution is 5.91. The van der Waals surface area contributed by atoms with Crippen molar-refractivity contribution in [3.8, 4) is 5.75 Å². The maximum absolute atomic E-state index is 11.7. The molecule has 0 amide bonds. The SMILES string of the molecule is COC(=O)c1cc(OC)c(N)c(C2C=CC=CC2)c1. The molecule has 4 heteroatoms. The summed E-state index contributed by atoms with van der Waals surface area (Å²) in [6.45, 7) is 0. The van der Waals surface area contributed by atoms with E-state index < -0.39 is 5.97 Å². The van der Waals surface area contributed by atoms with Gasteiger partial charge in [0.05, 0.1) is 25.5 Å². The largest absolute Gasteiger partial charge is 0.495 e. The Bertz CT molecular complexity index is 547. The van der Waals surface area contributed by atoms with E-state index >= 15 is 0 Å². The predicted molar refractivity (Wildman–Crippen MR) is 74.4 cm³/mol. The van der Waals surface area contributed by atoms with Crippen LogP contribution in [0.3, 0.4) is 0 Å². The number of nitrogens with two attached hydrogens (primary N) is 1. The Labute approximate surface area is 112 Å². The molecule has 0 spiro atoms. The third kappa shape index (κ3) is 2.62. The van der Waals surface area contributed by atoms with Gasteiger partial charge in [-0.25, -0.2) is 4.79 Å². The molecule has 100 valence electrons. The third-order valence-corrected chi connectivity index (χ3v) is 3.20. The number of hydrogen-bond donors (Lipinski definition) is 1. The molecule has 0 saturated carbocycles. The van der Waals surface area contributed by atoms with Crippen molar-refractivity contribution in [1.29, 1.82) is 0 Å². The maximum Gasteiger partial charge on any atom is 0.337 e. The molecule has 1 aliphatic rings. The minimum absolute atomic E-state index is 0.156. The van der Waals surface area contributed by atoms with Crippen LogP contribution in [0, 0.1) is 0 Å².